The molecule has 6 nitrogen and oxygen atoms in total. The molecule has 1 aromatic carbocycles. The van der Waals surface area contributed by atoms with E-state index in [9.17, 15) is 4.79 Å². The number of amides is 1. The van der Waals surface area contributed by atoms with Crippen molar-refractivity contribution >= 4 is 27.8 Å². The molecule has 1 aliphatic heterocycles. The zero-order valence-corrected chi connectivity index (χ0v) is 18.1. The Hall–Kier alpha value is -4.06. The van der Waals surface area contributed by atoms with Crippen LogP contribution in [0.2, 0.25) is 0 Å². The predicted molar refractivity (Wildman–Crippen MR) is 129 cm³/mol. The lowest BCUT2D eigenvalue weighted by molar-refractivity contribution is 0.0715. The second-order valence-electron chi connectivity index (χ2n) is 8.52. The SMILES string of the molecule is O=C(c1cc(-c2cccnc2)nc2ccccc12)N1CCC(c2c[nH]c3ncccc23)CC1. The van der Waals surface area contributed by atoms with Crippen LogP contribution in [-0.2, 0) is 0 Å². The molecule has 33 heavy (non-hydrogen) atoms. The first kappa shape index (κ1) is 19.6. The average molecular weight is 434 g/mol. The van der Waals surface area contributed by atoms with Crippen molar-refractivity contribution in [1.29, 1.82) is 0 Å². The van der Waals surface area contributed by atoms with Gasteiger partial charge in [-0.3, -0.25) is 9.78 Å². The number of piperidine rings is 1. The lowest BCUT2D eigenvalue weighted by Gasteiger charge is -2.32. The maximum atomic E-state index is 13.7. The molecule has 6 heteroatoms. The van der Waals surface area contributed by atoms with Gasteiger partial charge >= 0.3 is 0 Å². The van der Waals surface area contributed by atoms with Gasteiger partial charge in [-0.05, 0) is 60.7 Å². The van der Waals surface area contributed by atoms with Gasteiger partial charge in [0, 0.05) is 54.2 Å². The van der Waals surface area contributed by atoms with E-state index in [1.165, 1.54) is 10.9 Å². The van der Waals surface area contributed by atoms with Gasteiger partial charge in [-0.25, -0.2) is 9.97 Å². The minimum absolute atomic E-state index is 0.0674. The zero-order chi connectivity index (χ0) is 22.2. The molecule has 162 valence electrons. The third kappa shape index (κ3) is 3.53. The number of aromatic amines is 1. The summed E-state index contributed by atoms with van der Waals surface area (Å²) < 4.78 is 0. The summed E-state index contributed by atoms with van der Waals surface area (Å²) in [4.78, 5) is 32.4. The van der Waals surface area contributed by atoms with E-state index in [2.05, 4.69) is 27.2 Å². The summed E-state index contributed by atoms with van der Waals surface area (Å²) in [6, 6.07) is 17.7. The van der Waals surface area contributed by atoms with E-state index in [4.69, 9.17) is 4.98 Å². The van der Waals surface area contributed by atoms with Crippen molar-refractivity contribution in [2.45, 2.75) is 18.8 Å². The van der Waals surface area contributed by atoms with Gasteiger partial charge in [0.2, 0.25) is 0 Å². The Bertz CT molecular complexity index is 1450. The molecule has 4 aromatic heterocycles. The molecule has 0 saturated carbocycles. The van der Waals surface area contributed by atoms with Crippen LogP contribution < -0.4 is 0 Å². The van der Waals surface area contributed by atoms with Crippen molar-refractivity contribution in [3.8, 4) is 11.3 Å². The molecule has 6 rings (SSSR count). The van der Waals surface area contributed by atoms with E-state index < -0.39 is 0 Å². The zero-order valence-electron chi connectivity index (χ0n) is 18.1. The minimum atomic E-state index is 0.0674. The molecule has 0 radical (unpaired) electrons. The molecule has 1 aliphatic rings. The van der Waals surface area contributed by atoms with E-state index >= 15 is 0 Å². The summed E-state index contributed by atoms with van der Waals surface area (Å²) >= 11 is 0. The largest absolute Gasteiger partial charge is 0.346 e. The van der Waals surface area contributed by atoms with Gasteiger partial charge in [-0.2, -0.15) is 0 Å². The second-order valence-corrected chi connectivity index (χ2v) is 8.52. The number of H-pyrrole nitrogens is 1. The summed E-state index contributed by atoms with van der Waals surface area (Å²) in [5, 5.41) is 2.07. The summed E-state index contributed by atoms with van der Waals surface area (Å²) in [6.45, 7) is 1.46. The highest BCUT2D eigenvalue weighted by atomic mass is 16.2. The molecule has 1 saturated heterocycles. The van der Waals surface area contributed by atoms with E-state index in [-0.39, 0.29) is 5.91 Å². The number of carbonyl (C=O) groups is 1. The van der Waals surface area contributed by atoms with Gasteiger partial charge in [0.05, 0.1) is 16.8 Å². The van der Waals surface area contributed by atoms with Crippen LogP contribution >= 0.6 is 0 Å². The number of rotatable bonds is 3. The highest BCUT2D eigenvalue weighted by Crippen LogP contribution is 2.34. The molecule has 1 amide bonds. The van der Waals surface area contributed by atoms with E-state index in [1.807, 2.05) is 59.6 Å². The molecule has 5 aromatic rings. The molecule has 0 spiro atoms. The quantitative estimate of drug-likeness (QED) is 0.425. The molecule has 0 bridgehead atoms. The Morgan fingerprint density at radius 2 is 1.79 bits per heavy atom. The van der Waals surface area contributed by atoms with Crippen LogP contribution in [0.25, 0.3) is 33.2 Å². The van der Waals surface area contributed by atoms with Crippen molar-refractivity contribution in [2.75, 3.05) is 13.1 Å². The molecule has 0 unspecified atom stereocenters. The highest BCUT2D eigenvalue weighted by Gasteiger charge is 2.27. The van der Waals surface area contributed by atoms with E-state index in [1.54, 1.807) is 12.4 Å². The number of carbonyl (C=O) groups excluding carboxylic acids is 1. The number of aromatic nitrogens is 4. The number of hydrogen-bond acceptors (Lipinski definition) is 4. The fraction of sp³-hybridized carbons (Fsp3) is 0.185. The Kier molecular flexibility index (Phi) is 4.83. The molecular formula is C27H23N5O. The highest BCUT2D eigenvalue weighted by molar-refractivity contribution is 6.07. The summed E-state index contributed by atoms with van der Waals surface area (Å²) in [5.41, 5.74) is 5.43. The molecule has 1 N–H and O–H groups in total. The van der Waals surface area contributed by atoms with Crippen molar-refractivity contribution in [3.63, 3.8) is 0 Å². The fourth-order valence-electron chi connectivity index (χ4n) is 4.89. The number of nitrogens with zero attached hydrogens (tertiary/aromatic N) is 4. The lowest BCUT2D eigenvalue weighted by Crippen LogP contribution is -2.38. The molecule has 0 atom stereocenters. The number of benzene rings is 1. The molecule has 5 heterocycles. The normalized spacial score (nSPS) is 14.7. The first-order chi connectivity index (χ1) is 16.3. The van der Waals surface area contributed by atoms with E-state index in [0.29, 0.717) is 11.5 Å². The molecule has 0 aliphatic carbocycles. The first-order valence-electron chi connectivity index (χ1n) is 11.3. The molecular weight excluding hydrogens is 410 g/mol. The van der Waals surface area contributed by atoms with Gasteiger partial charge < -0.3 is 9.88 Å². The van der Waals surface area contributed by atoms with Crippen LogP contribution in [0.4, 0.5) is 0 Å². The van der Waals surface area contributed by atoms with Gasteiger partial charge in [0.1, 0.15) is 5.65 Å². The Morgan fingerprint density at radius 1 is 0.970 bits per heavy atom. The Balaban J connectivity index is 1.29. The van der Waals surface area contributed by atoms with Crippen LogP contribution in [0.1, 0.15) is 34.7 Å². The fourth-order valence-corrected chi connectivity index (χ4v) is 4.89. The second kappa shape index (κ2) is 8.13. The monoisotopic (exact) mass is 433 g/mol. The summed E-state index contributed by atoms with van der Waals surface area (Å²) in [7, 11) is 0. The number of hydrogen-bond donors (Lipinski definition) is 1. The Morgan fingerprint density at radius 3 is 2.64 bits per heavy atom. The third-order valence-electron chi connectivity index (χ3n) is 6.61. The minimum Gasteiger partial charge on any atom is -0.346 e. The van der Waals surface area contributed by atoms with Gasteiger partial charge in [0.25, 0.3) is 5.91 Å². The van der Waals surface area contributed by atoms with Crippen molar-refractivity contribution in [3.05, 3.63) is 90.5 Å². The first-order valence-corrected chi connectivity index (χ1v) is 11.3. The van der Waals surface area contributed by atoms with Crippen LogP contribution in [0.5, 0.6) is 0 Å². The van der Waals surface area contributed by atoms with Crippen molar-refractivity contribution < 1.29 is 4.79 Å². The van der Waals surface area contributed by atoms with Crippen molar-refractivity contribution in [2.24, 2.45) is 0 Å². The maximum absolute atomic E-state index is 13.7. The number of nitrogens with one attached hydrogen (secondary N) is 1. The van der Waals surface area contributed by atoms with Gasteiger partial charge in [-0.1, -0.05) is 18.2 Å². The maximum Gasteiger partial charge on any atom is 0.254 e. The topological polar surface area (TPSA) is 74.8 Å². The predicted octanol–water partition coefficient (Wildman–Crippen LogP) is 5.19. The third-order valence-corrected chi connectivity index (χ3v) is 6.61. The van der Waals surface area contributed by atoms with E-state index in [0.717, 1.165) is 53.7 Å². The summed E-state index contributed by atoms with van der Waals surface area (Å²) in [5.74, 6) is 0.491. The number of fused-ring (bicyclic) bond motifs is 2. The van der Waals surface area contributed by atoms with Crippen LogP contribution in [-0.4, -0.2) is 43.8 Å². The van der Waals surface area contributed by atoms with Gasteiger partial charge in [0.15, 0.2) is 0 Å². The standard InChI is InChI=1S/C27H23N5O/c33-27(32-13-9-18(10-14-32)23-17-30-26-21(23)7-4-12-29-26)22-15-25(19-5-3-11-28-16-19)31-24-8-2-1-6-20(22)24/h1-8,11-12,15-18H,9-10,13-14H2,(H,29,30). The smallest absolute Gasteiger partial charge is 0.254 e. The average Bonchev–Trinajstić information content (AvgIpc) is 3.32. The number of para-hydroxylation sites is 1. The van der Waals surface area contributed by atoms with Crippen LogP contribution in [0.3, 0.4) is 0 Å². The van der Waals surface area contributed by atoms with Crippen LogP contribution in [0.15, 0.2) is 79.4 Å². The van der Waals surface area contributed by atoms with Crippen molar-refractivity contribution in [1.82, 2.24) is 24.8 Å². The lowest BCUT2D eigenvalue weighted by atomic mass is 9.89. The van der Waals surface area contributed by atoms with Gasteiger partial charge in [-0.15, -0.1) is 0 Å². The Labute approximate surface area is 191 Å². The number of pyridine rings is 3. The molecule has 1 fully saturated rings. The number of likely N-dealkylation sites (tertiary alicyclic amines) is 1. The van der Waals surface area contributed by atoms with Crippen LogP contribution in [0, 0.1) is 0 Å². The summed E-state index contributed by atoms with van der Waals surface area (Å²) in [6.07, 6.45) is 9.29.